The molecule has 0 saturated heterocycles. The van der Waals surface area contributed by atoms with Crippen molar-refractivity contribution in [2.24, 2.45) is 0 Å². The third kappa shape index (κ3) is 9.90. The van der Waals surface area contributed by atoms with E-state index in [0.29, 0.717) is 17.1 Å². The SMILES string of the molecule is CCOC(=O)c1cc(NC(=O)c2cccs2)ccc1OCC(O)CNC(C)(C)C.O=CO. The van der Waals surface area contributed by atoms with Crippen LogP contribution in [0.15, 0.2) is 35.7 Å². The standard InChI is InChI=1S/C21H28N2O5S.CH2O2/c1-5-27-20(26)16-11-14(23-19(25)18-7-6-10-29-18)8-9-17(16)28-13-15(24)12-22-21(2,3)4;2-1-3/h6-11,15,22,24H,5,12-13H2,1-4H3,(H,23,25);1H,(H,2,3). The Kier molecular flexibility index (Phi) is 11.4. The number of nitrogens with one attached hydrogen (secondary N) is 2. The Balaban J connectivity index is 0.00000161. The molecule has 1 heterocycles. The van der Waals surface area contributed by atoms with Crippen molar-refractivity contribution in [3.05, 3.63) is 46.2 Å². The first kappa shape index (κ1) is 27.1. The summed E-state index contributed by atoms with van der Waals surface area (Å²) in [4.78, 5) is 33.5. The maximum Gasteiger partial charge on any atom is 0.341 e. The lowest BCUT2D eigenvalue weighted by Gasteiger charge is -2.23. The van der Waals surface area contributed by atoms with Gasteiger partial charge >= 0.3 is 5.97 Å². The Morgan fingerprint density at radius 3 is 2.50 bits per heavy atom. The molecule has 4 N–H and O–H groups in total. The molecular weight excluding hydrogens is 436 g/mol. The minimum absolute atomic E-state index is 0.0103. The molecule has 0 bridgehead atoms. The third-order valence-corrected chi connectivity index (χ3v) is 4.65. The van der Waals surface area contributed by atoms with Crippen LogP contribution in [-0.2, 0) is 9.53 Å². The molecule has 1 aromatic carbocycles. The smallest absolute Gasteiger partial charge is 0.341 e. The van der Waals surface area contributed by atoms with Crippen LogP contribution in [-0.4, -0.2) is 60.0 Å². The van der Waals surface area contributed by atoms with Crippen LogP contribution in [0.4, 0.5) is 5.69 Å². The largest absolute Gasteiger partial charge is 0.490 e. The number of carbonyl (C=O) groups is 3. The molecular formula is C22H30N2O7S. The highest BCUT2D eigenvalue weighted by molar-refractivity contribution is 7.12. The maximum absolute atomic E-state index is 12.3. The summed E-state index contributed by atoms with van der Waals surface area (Å²) in [5.41, 5.74) is 0.514. The molecule has 1 atom stereocenters. The average Bonchev–Trinajstić information content (AvgIpc) is 3.26. The number of carboxylic acid groups (broad SMARTS) is 1. The summed E-state index contributed by atoms with van der Waals surface area (Å²) in [5, 5.41) is 24.8. The average molecular weight is 467 g/mol. The second-order valence-electron chi connectivity index (χ2n) is 7.56. The van der Waals surface area contributed by atoms with Gasteiger partial charge in [-0.05, 0) is 57.3 Å². The number of anilines is 1. The van der Waals surface area contributed by atoms with Gasteiger partial charge in [-0.3, -0.25) is 9.59 Å². The highest BCUT2D eigenvalue weighted by atomic mass is 32.1. The number of benzene rings is 1. The number of aliphatic hydroxyl groups excluding tert-OH is 1. The second kappa shape index (κ2) is 13.5. The highest BCUT2D eigenvalue weighted by Crippen LogP contribution is 2.25. The van der Waals surface area contributed by atoms with Crippen LogP contribution in [0.5, 0.6) is 5.75 Å². The first-order valence-electron chi connectivity index (χ1n) is 9.91. The van der Waals surface area contributed by atoms with E-state index >= 15 is 0 Å². The van der Waals surface area contributed by atoms with Crippen molar-refractivity contribution in [3.8, 4) is 5.75 Å². The Labute approximate surface area is 191 Å². The number of amides is 1. The van der Waals surface area contributed by atoms with Crippen molar-refractivity contribution < 1.29 is 34.1 Å². The molecule has 0 fully saturated rings. The summed E-state index contributed by atoms with van der Waals surface area (Å²) >= 11 is 1.33. The van der Waals surface area contributed by atoms with Gasteiger partial charge in [-0.1, -0.05) is 6.07 Å². The monoisotopic (exact) mass is 466 g/mol. The van der Waals surface area contributed by atoms with Crippen LogP contribution >= 0.6 is 11.3 Å². The molecule has 0 aliphatic heterocycles. The van der Waals surface area contributed by atoms with Gasteiger partial charge in [0, 0.05) is 17.8 Å². The van der Waals surface area contributed by atoms with Crippen molar-refractivity contribution in [2.45, 2.75) is 39.3 Å². The van der Waals surface area contributed by atoms with Crippen LogP contribution in [0.3, 0.4) is 0 Å². The van der Waals surface area contributed by atoms with Crippen molar-refractivity contribution in [3.63, 3.8) is 0 Å². The van der Waals surface area contributed by atoms with Crippen LogP contribution in [0, 0.1) is 0 Å². The van der Waals surface area contributed by atoms with E-state index in [-0.39, 0.29) is 42.4 Å². The predicted octanol–water partition coefficient (Wildman–Crippen LogP) is 3.01. The fraction of sp³-hybridized carbons (Fsp3) is 0.409. The summed E-state index contributed by atoms with van der Waals surface area (Å²) in [6.07, 6.45) is -0.748. The first-order chi connectivity index (χ1) is 15.1. The number of thiophene rings is 1. The van der Waals surface area contributed by atoms with Gasteiger partial charge in [0.1, 0.15) is 24.0 Å². The Bertz CT molecular complexity index is 864. The lowest BCUT2D eigenvalue weighted by Crippen LogP contribution is -2.42. The van der Waals surface area contributed by atoms with Crippen molar-refractivity contribution >= 4 is 35.4 Å². The van der Waals surface area contributed by atoms with Gasteiger partial charge in [-0.2, -0.15) is 0 Å². The minimum atomic E-state index is -0.748. The summed E-state index contributed by atoms with van der Waals surface area (Å²) in [6.45, 7) is 8.04. The van der Waals surface area contributed by atoms with E-state index in [1.165, 1.54) is 17.4 Å². The number of hydrogen-bond donors (Lipinski definition) is 4. The van der Waals surface area contributed by atoms with Gasteiger partial charge in [0.25, 0.3) is 12.4 Å². The van der Waals surface area contributed by atoms with Gasteiger partial charge in [0.2, 0.25) is 0 Å². The van der Waals surface area contributed by atoms with E-state index in [1.54, 1.807) is 31.2 Å². The number of hydrogen-bond acceptors (Lipinski definition) is 8. The van der Waals surface area contributed by atoms with E-state index in [9.17, 15) is 14.7 Å². The molecule has 0 aliphatic carbocycles. The Morgan fingerprint density at radius 1 is 1.25 bits per heavy atom. The van der Waals surface area contributed by atoms with Gasteiger partial charge in [0.15, 0.2) is 0 Å². The van der Waals surface area contributed by atoms with Gasteiger partial charge in [-0.25, -0.2) is 4.79 Å². The summed E-state index contributed by atoms with van der Waals surface area (Å²) in [6, 6.07) is 8.25. The molecule has 9 nitrogen and oxygen atoms in total. The topological polar surface area (TPSA) is 134 Å². The van der Waals surface area contributed by atoms with E-state index < -0.39 is 12.1 Å². The summed E-state index contributed by atoms with van der Waals surface area (Å²) in [5.74, 6) is -0.531. The number of rotatable bonds is 9. The van der Waals surface area contributed by atoms with Crippen LogP contribution in [0.2, 0.25) is 0 Å². The predicted molar refractivity (Wildman–Crippen MR) is 123 cm³/mol. The molecule has 2 aromatic rings. The van der Waals surface area contributed by atoms with Gasteiger partial charge < -0.3 is 30.3 Å². The zero-order valence-electron chi connectivity index (χ0n) is 18.6. The molecule has 0 aliphatic rings. The van der Waals surface area contributed by atoms with E-state index in [2.05, 4.69) is 10.6 Å². The molecule has 1 unspecified atom stereocenters. The summed E-state index contributed by atoms with van der Waals surface area (Å²) in [7, 11) is 0. The second-order valence-corrected chi connectivity index (χ2v) is 8.51. The van der Waals surface area contributed by atoms with Crippen molar-refractivity contribution in [1.82, 2.24) is 5.32 Å². The third-order valence-electron chi connectivity index (χ3n) is 3.78. The molecule has 0 spiro atoms. The maximum atomic E-state index is 12.3. The highest BCUT2D eigenvalue weighted by Gasteiger charge is 2.18. The van der Waals surface area contributed by atoms with E-state index in [0.717, 1.165) is 0 Å². The quantitative estimate of drug-likeness (QED) is 0.327. The number of ether oxygens (including phenoxy) is 2. The number of esters is 1. The number of aliphatic hydroxyl groups is 1. The molecule has 2 rings (SSSR count). The van der Waals surface area contributed by atoms with Gasteiger partial charge in [0.05, 0.1) is 11.5 Å². The molecule has 176 valence electrons. The Hall–Kier alpha value is -2.95. The lowest BCUT2D eigenvalue weighted by atomic mass is 10.1. The molecule has 0 radical (unpaired) electrons. The van der Waals surface area contributed by atoms with E-state index in [1.807, 2.05) is 26.2 Å². The molecule has 32 heavy (non-hydrogen) atoms. The Morgan fingerprint density at radius 2 is 1.94 bits per heavy atom. The van der Waals surface area contributed by atoms with Crippen LogP contribution in [0.25, 0.3) is 0 Å². The number of β-amino-alcohol motifs (C(OH)–C–C–N with tert-alkyl or cyclic N) is 1. The molecule has 1 amide bonds. The molecule has 0 saturated carbocycles. The lowest BCUT2D eigenvalue weighted by molar-refractivity contribution is -0.122. The zero-order valence-corrected chi connectivity index (χ0v) is 19.4. The fourth-order valence-corrected chi connectivity index (χ4v) is 2.99. The van der Waals surface area contributed by atoms with Crippen LogP contribution in [0.1, 0.15) is 47.7 Å². The molecule has 10 heteroatoms. The van der Waals surface area contributed by atoms with Crippen molar-refractivity contribution in [2.75, 3.05) is 25.1 Å². The van der Waals surface area contributed by atoms with Crippen LogP contribution < -0.4 is 15.4 Å². The zero-order chi connectivity index (χ0) is 24.1. The minimum Gasteiger partial charge on any atom is -0.490 e. The molecule has 1 aromatic heterocycles. The number of carbonyl (C=O) groups excluding carboxylic acids is 2. The van der Waals surface area contributed by atoms with Crippen molar-refractivity contribution in [1.29, 1.82) is 0 Å². The fourth-order valence-electron chi connectivity index (χ4n) is 2.37. The van der Waals surface area contributed by atoms with Gasteiger partial charge in [-0.15, -0.1) is 11.3 Å². The normalized spacial score (nSPS) is 11.5. The first-order valence-corrected chi connectivity index (χ1v) is 10.8. The van der Waals surface area contributed by atoms with E-state index in [4.69, 9.17) is 19.4 Å². The summed E-state index contributed by atoms with van der Waals surface area (Å²) < 4.78 is 10.8.